The maximum atomic E-state index is 5.63. The molecule has 84 valence electrons. The molecule has 2 heteroatoms. The van der Waals surface area contributed by atoms with E-state index >= 15 is 0 Å². The molecule has 0 aliphatic heterocycles. The van der Waals surface area contributed by atoms with E-state index in [-0.39, 0.29) is 0 Å². The van der Waals surface area contributed by atoms with Gasteiger partial charge < -0.3 is 11.5 Å². The van der Waals surface area contributed by atoms with Gasteiger partial charge in [-0.2, -0.15) is 0 Å². The maximum Gasteiger partial charge on any atom is -0.00367 e. The van der Waals surface area contributed by atoms with Crippen LogP contribution in [0.3, 0.4) is 0 Å². The highest BCUT2D eigenvalue weighted by Gasteiger charge is 2.04. The van der Waals surface area contributed by atoms with Crippen LogP contribution in [-0.2, 0) is 6.42 Å². The smallest absolute Gasteiger partial charge is 0.00367 e. The van der Waals surface area contributed by atoms with Gasteiger partial charge in [-0.3, -0.25) is 0 Å². The number of rotatable bonds is 5. The zero-order valence-electron chi connectivity index (χ0n) is 9.79. The third-order valence-electron chi connectivity index (χ3n) is 2.79. The van der Waals surface area contributed by atoms with E-state index in [1.165, 1.54) is 16.7 Å². The molecule has 0 fully saturated rings. The van der Waals surface area contributed by atoms with Crippen LogP contribution in [0.1, 0.15) is 23.1 Å². The van der Waals surface area contributed by atoms with Crippen molar-refractivity contribution in [1.29, 1.82) is 0 Å². The second-order valence-electron chi connectivity index (χ2n) is 4.37. The Morgan fingerprint density at radius 2 is 1.53 bits per heavy atom. The van der Waals surface area contributed by atoms with E-state index in [2.05, 4.69) is 32.0 Å². The fourth-order valence-corrected chi connectivity index (χ4v) is 1.92. The highest BCUT2D eigenvalue weighted by atomic mass is 14.6. The lowest BCUT2D eigenvalue weighted by atomic mass is 9.97. The Morgan fingerprint density at radius 1 is 1.00 bits per heavy atom. The van der Waals surface area contributed by atoms with Crippen LogP contribution < -0.4 is 11.5 Å². The Hall–Kier alpha value is -0.860. The molecule has 1 aromatic carbocycles. The van der Waals surface area contributed by atoms with Gasteiger partial charge in [0.05, 0.1) is 0 Å². The van der Waals surface area contributed by atoms with Crippen molar-refractivity contribution in [3.8, 4) is 0 Å². The highest BCUT2D eigenvalue weighted by molar-refractivity contribution is 5.28. The number of nitrogens with two attached hydrogens (primary N) is 2. The molecule has 15 heavy (non-hydrogen) atoms. The van der Waals surface area contributed by atoms with E-state index in [9.17, 15) is 0 Å². The summed E-state index contributed by atoms with van der Waals surface area (Å²) in [7, 11) is 0. The molecule has 0 aliphatic rings. The molecule has 0 aromatic heterocycles. The van der Waals surface area contributed by atoms with Gasteiger partial charge in [-0.05, 0) is 51.3 Å². The van der Waals surface area contributed by atoms with Gasteiger partial charge in [0.25, 0.3) is 0 Å². The van der Waals surface area contributed by atoms with E-state index in [4.69, 9.17) is 11.5 Å². The van der Waals surface area contributed by atoms with E-state index in [1.807, 2.05) is 0 Å². The lowest BCUT2D eigenvalue weighted by molar-refractivity contribution is 0.507. The van der Waals surface area contributed by atoms with Gasteiger partial charge in [0.2, 0.25) is 0 Å². The van der Waals surface area contributed by atoms with Crippen LogP contribution in [0, 0.1) is 19.8 Å². The van der Waals surface area contributed by atoms with Crippen LogP contribution in [0.15, 0.2) is 18.2 Å². The standard InChI is InChI=1S/C13H22N2/c1-10-5-11(2)7-12(6-10)3-4-13(8-14)9-15/h5-7,13H,3-4,8-9,14-15H2,1-2H3. The van der Waals surface area contributed by atoms with Crippen molar-refractivity contribution < 1.29 is 0 Å². The number of hydrogen-bond donors (Lipinski definition) is 2. The Kier molecular flexibility index (Phi) is 4.79. The number of aryl methyl sites for hydroxylation is 3. The predicted octanol–water partition coefficient (Wildman–Crippen LogP) is 1.77. The Morgan fingerprint density at radius 3 is 2.00 bits per heavy atom. The van der Waals surface area contributed by atoms with Gasteiger partial charge in [-0.25, -0.2) is 0 Å². The molecule has 0 radical (unpaired) electrons. The summed E-state index contributed by atoms with van der Waals surface area (Å²) >= 11 is 0. The molecule has 4 N–H and O–H groups in total. The fraction of sp³-hybridized carbons (Fsp3) is 0.538. The summed E-state index contributed by atoms with van der Waals surface area (Å²) in [6, 6.07) is 6.70. The van der Waals surface area contributed by atoms with Gasteiger partial charge in [0.15, 0.2) is 0 Å². The summed E-state index contributed by atoms with van der Waals surface area (Å²) in [5.41, 5.74) is 15.3. The highest BCUT2D eigenvalue weighted by Crippen LogP contribution is 2.13. The van der Waals surface area contributed by atoms with Crippen molar-refractivity contribution in [2.24, 2.45) is 17.4 Å². The van der Waals surface area contributed by atoms with Gasteiger partial charge >= 0.3 is 0 Å². The lowest BCUT2D eigenvalue weighted by Gasteiger charge is -2.12. The molecule has 2 nitrogen and oxygen atoms in total. The van der Waals surface area contributed by atoms with E-state index in [1.54, 1.807) is 0 Å². The first-order chi connectivity index (χ1) is 7.15. The number of benzene rings is 1. The summed E-state index contributed by atoms with van der Waals surface area (Å²) in [4.78, 5) is 0. The normalized spacial score (nSPS) is 11.0. The van der Waals surface area contributed by atoms with Crippen molar-refractivity contribution in [3.63, 3.8) is 0 Å². The lowest BCUT2D eigenvalue weighted by Crippen LogP contribution is -2.23. The van der Waals surface area contributed by atoms with Crippen molar-refractivity contribution in [2.45, 2.75) is 26.7 Å². The molecule has 0 saturated carbocycles. The minimum atomic E-state index is 0.464. The van der Waals surface area contributed by atoms with Gasteiger partial charge in [-0.15, -0.1) is 0 Å². The molecule has 1 aromatic rings. The minimum absolute atomic E-state index is 0.464. The molecule has 0 saturated heterocycles. The van der Waals surface area contributed by atoms with E-state index in [0.717, 1.165) is 12.8 Å². The SMILES string of the molecule is Cc1cc(C)cc(CCC(CN)CN)c1. The van der Waals surface area contributed by atoms with Crippen LogP contribution in [0.5, 0.6) is 0 Å². The minimum Gasteiger partial charge on any atom is -0.330 e. The third-order valence-corrected chi connectivity index (χ3v) is 2.79. The summed E-state index contributed by atoms with van der Waals surface area (Å²) in [6.07, 6.45) is 2.18. The predicted molar refractivity (Wildman–Crippen MR) is 65.8 cm³/mol. The zero-order valence-corrected chi connectivity index (χ0v) is 9.79. The van der Waals surface area contributed by atoms with Gasteiger partial charge in [0.1, 0.15) is 0 Å². The second kappa shape index (κ2) is 5.89. The van der Waals surface area contributed by atoms with Gasteiger partial charge in [-0.1, -0.05) is 29.3 Å². The third kappa shape index (κ3) is 4.02. The monoisotopic (exact) mass is 206 g/mol. The first-order valence-corrected chi connectivity index (χ1v) is 5.63. The molecule has 0 aliphatic carbocycles. The molecule has 0 spiro atoms. The fourth-order valence-electron chi connectivity index (χ4n) is 1.92. The van der Waals surface area contributed by atoms with Crippen LogP contribution in [0.25, 0.3) is 0 Å². The molecule has 1 rings (SSSR count). The second-order valence-corrected chi connectivity index (χ2v) is 4.37. The van der Waals surface area contributed by atoms with Crippen molar-refractivity contribution in [2.75, 3.05) is 13.1 Å². The summed E-state index contributed by atoms with van der Waals surface area (Å²) in [5, 5.41) is 0. The first kappa shape index (κ1) is 12.2. The maximum absolute atomic E-state index is 5.63. The molecule has 0 atom stereocenters. The number of hydrogen-bond acceptors (Lipinski definition) is 2. The first-order valence-electron chi connectivity index (χ1n) is 5.63. The molecule has 0 bridgehead atoms. The van der Waals surface area contributed by atoms with E-state index in [0.29, 0.717) is 19.0 Å². The zero-order chi connectivity index (χ0) is 11.3. The van der Waals surface area contributed by atoms with E-state index < -0.39 is 0 Å². The van der Waals surface area contributed by atoms with Crippen LogP contribution in [0.4, 0.5) is 0 Å². The molecular weight excluding hydrogens is 184 g/mol. The summed E-state index contributed by atoms with van der Waals surface area (Å²) in [5.74, 6) is 0.464. The Labute approximate surface area is 92.7 Å². The summed E-state index contributed by atoms with van der Waals surface area (Å²) < 4.78 is 0. The average Bonchev–Trinajstić information content (AvgIpc) is 2.18. The van der Waals surface area contributed by atoms with Crippen LogP contribution >= 0.6 is 0 Å². The Balaban J connectivity index is 2.57. The van der Waals surface area contributed by atoms with Crippen molar-refractivity contribution in [3.05, 3.63) is 34.9 Å². The van der Waals surface area contributed by atoms with Crippen molar-refractivity contribution in [1.82, 2.24) is 0 Å². The average molecular weight is 206 g/mol. The largest absolute Gasteiger partial charge is 0.330 e. The molecule has 0 heterocycles. The van der Waals surface area contributed by atoms with Crippen LogP contribution in [0.2, 0.25) is 0 Å². The topological polar surface area (TPSA) is 52.0 Å². The van der Waals surface area contributed by atoms with Crippen LogP contribution in [-0.4, -0.2) is 13.1 Å². The quantitative estimate of drug-likeness (QED) is 0.771. The molecular formula is C13H22N2. The Bertz CT molecular complexity index is 283. The molecule has 0 amide bonds. The summed E-state index contributed by atoms with van der Waals surface area (Å²) in [6.45, 7) is 5.67. The molecule has 0 unspecified atom stereocenters. The van der Waals surface area contributed by atoms with Crippen molar-refractivity contribution >= 4 is 0 Å². The van der Waals surface area contributed by atoms with Gasteiger partial charge in [0, 0.05) is 0 Å².